The Morgan fingerprint density at radius 2 is 1.70 bits per heavy atom. The van der Waals surface area contributed by atoms with Crippen molar-refractivity contribution in [1.82, 2.24) is 0 Å². The van der Waals surface area contributed by atoms with E-state index < -0.39 is 0 Å². The third-order valence-corrected chi connectivity index (χ3v) is 3.21. The van der Waals surface area contributed by atoms with Crippen LogP contribution in [0, 0.1) is 0 Å². The molecule has 4 heteroatoms. The van der Waals surface area contributed by atoms with E-state index in [1.165, 1.54) is 0 Å². The summed E-state index contributed by atoms with van der Waals surface area (Å²) in [6, 6.07) is 0. The SMILES string of the molecule is C=C(O)C(=C)/C=C\C(C(=C)N=C(C)C(C)(C)P)=C(\C)N. The minimum atomic E-state index is -0.108. The van der Waals surface area contributed by atoms with Gasteiger partial charge in [-0.05, 0) is 13.8 Å². The van der Waals surface area contributed by atoms with Crippen LogP contribution in [0.25, 0.3) is 0 Å². The Balaban J connectivity index is 5.37. The van der Waals surface area contributed by atoms with Gasteiger partial charge in [0.1, 0.15) is 5.76 Å². The van der Waals surface area contributed by atoms with Gasteiger partial charge in [-0.3, -0.25) is 4.99 Å². The second-order valence-corrected chi connectivity index (χ2v) is 6.71. The fourth-order valence-corrected chi connectivity index (χ4v) is 1.21. The molecule has 0 saturated carbocycles. The number of hydrogen-bond donors (Lipinski definition) is 2. The minimum Gasteiger partial charge on any atom is -0.508 e. The number of aliphatic imine (C=N–C) groups is 1. The normalized spacial score (nSPS) is 14.2. The molecule has 0 aromatic carbocycles. The monoisotopic (exact) mass is 292 g/mol. The van der Waals surface area contributed by atoms with E-state index in [4.69, 9.17) is 5.73 Å². The molecule has 0 spiro atoms. The molecule has 0 fully saturated rings. The van der Waals surface area contributed by atoms with Crippen molar-refractivity contribution in [3.63, 3.8) is 0 Å². The standard InChI is InChI=1S/C16H25N2OP/c1-10(13(4)19)8-9-15(11(2)17)12(3)18-14(5)16(6,7)20/h8-9,19H,1,3-4,17,20H2,2,5-7H3/b9-8-,15-11+,18-14?. The summed E-state index contributed by atoms with van der Waals surface area (Å²) < 4.78 is 0. The Bertz CT molecular complexity index is 513. The van der Waals surface area contributed by atoms with E-state index >= 15 is 0 Å². The largest absolute Gasteiger partial charge is 0.508 e. The molecule has 0 rings (SSSR count). The van der Waals surface area contributed by atoms with E-state index in [1.54, 1.807) is 19.1 Å². The zero-order valence-corrected chi connectivity index (χ0v) is 14.0. The minimum absolute atomic E-state index is 0.0772. The Morgan fingerprint density at radius 3 is 2.05 bits per heavy atom. The quantitative estimate of drug-likeness (QED) is 0.336. The van der Waals surface area contributed by atoms with Gasteiger partial charge in [0.25, 0.3) is 0 Å². The number of nitrogens with two attached hydrogens (primary N) is 1. The van der Waals surface area contributed by atoms with Crippen molar-refractivity contribution in [1.29, 1.82) is 0 Å². The van der Waals surface area contributed by atoms with Crippen LogP contribution in [0.15, 0.2) is 65.2 Å². The van der Waals surface area contributed by atoms with E-state index in [-0.39, 0.29) is 10.9 Å². The van der Waals surface area contributed by atoms with Crippen molar-refractivity contribution >= 4 is 15.0 Å². The predicted octanol–water partition coefficient (Wildman–Crippen LogP) is 4.03. The van der Waals surface area contributed by atoms with Crippen LogP contribution in [-0.2, 0) is 0 Å². The summed E-state index contributed by atoms with van der Waals surface area (Å²) in [7, 11) is 2.74. The van der Waals surface area contributed by atoms with Crippen LogP contribution in [0.1, 0.15) is 27.7 Å². The van der Waals surface area contributed by atoms with Gasteiger partial charge < -0.3 is 10.8 Å². The first-order chi connectivity index (χ1) is 8.96. The average molecular weight is 292 g/mol. The summed E-state index contributed by atoms with van der Waals surface area (Å²) in [4.78, 5) is 4.49. The first-order valence-corrected chi connectivity index (χ1v) is 6.80. The van der Waals surface area contributed by atoms with E-state index in [1.807, 2.05) is 6.92 Å². The first-order valence-electron chi connectivity index (χ1n) is 6.22. The summed E-state index contributed by atoms with van der Waals surface area (Å²) >= 11 is 0. The molecular formula is C16H25N2OP. The smallest absolute Gasteiger partial charge is 0.115 e. The Morgan fingerprint density at radius 1 is 1.20 bits per heavy atom. The molecule has 1 unspecified atom stereocenters. The maximum absolute atomic E-state index is 9.22. The van der Waals surface area contributed by atoms with E-state index in [2.05, 4.69) is 47.8 Å². The maximum Gasteiger partial charge on any atom is 0.115 e. The summed E-state index contributed by atoms with van der Waals surface area (Å²) in [5.74, 6) is -0.0772. The summed E-state index contributed by atoms with van der Waals surface area (Å²) in [6.07, 6.45) is 3.36. The Hall–Kier alpha value is -1.60. The van der Waals surface area contributed by atoms with E-state index in [0.29, 0.717) is 22.5 Å². The number of nitrogens with zero attached hydrogens (tertiary/aromatic N) is 1. The molecule has 0 aliphatic heterocycles. The van der Waals surface area contributed by atoms with Gasteiger partial charge in [-0.15, -0.1) is 9.24 Å². The molecule has 0 aromatic rings. The molecule has 0 bridgehead atoms. The van der Waals surface area contributed by atoms with Gasteiger partial charge in [-0.25, -0.2) is 0 Å². The van der Waals surface area contributed by atoms with Gasteiger partial charge in [-0.2, -0.15) is 0 Å². The van der Waals surface area contributed by atoms with Crippen molar-refractivity contribution in [2.24, 2.45) is 10.7 Å². The van der Waals surface area contributed by atoms with Crippen molar-refractivity contribution in [3.05, 3.63) is 60.2 Å². The third kappa shape index (κ3) is 6.03. The number of aliphatic hydroxyl groups is 1. The first kappa shape index (κ1) is 18.4. The van der Waals surface area contributed by atoms with Gasteiger partial charge >= 0.3 is 0 Å². The average Bonchev–Trinajstić information content (AvgIpc) is 2.26. The molecule has 20 heavy (non-hydrogen) atoms. The van der Waals surface area contributed by atoms with Gasteiger partial charge in [0, 0.05) is 27.7 Å². The molecule has 0 saturated heterocycles. The molecule has 0 aliphatic carbocycles. The van der Waals surface area contributed by atoms with Gasteiger partial charge in [0.05, 0.1) is 5.70 Å². The lowest BCUT2D eigenvalue weighted by Gasteiger charge is -2.18. The molecule has 0 radical (unpaired) electrons. The van der Waals surface area contributed by atoms with Crippen LogP contribution in [0.4, 0.5) is 0 Å². The Kier molecular flexibility index (Phi) is 6.67. The molecule has 0 aliphatic rings. The lowest BCUT2D eigenvalue weighted by Crippen LogP contribution is -2.21. The van der Waals surface area contributed by atoms with Crippen LogP contribution in [0.5, 0.6) is 0 Å². The molecule has 0 amide bonds. The predicted molar refractivity (Wildman–Crippen MR) is 93.0 cm³/mol. The van der Waals surface area contributed by atoms with Crippen LogP contribution in [0.2, 0.25) is 0 Å². The van der Waals surface area contributed by atoms with E-state index in [0.717, 1.165) is 5.71 Å². The van der Waals surface area contributed by atoms with Crippen molar-refractivity contribution in [2.75, 3.05) is 0 Å². The third-order valence-electron chi connectivity index (χ3n) is 2.79. The van der Waals surface area contributed by atoms with E-state index in [9.17, 15) is 5.11 Å². The zero-order chi connectivity index (χ0) is 16.1. The highest BCUT2D eigenvalue weighted by Gasteiger charge is 2.15. The molecular weight excluding hydrogens is 267 g/mol. The molecule has 110 valence electrons. The molecule has 0 aromatic heterocycles. The van der Waals surface area contributed by atoms with Gasteiger partial charge in [0.2, 0.25) is 0 Å². The van der Waals surface area contributed by atoms with Crippen LogP contribution in [-0.4, -0.2) is 16.0 Å². The number of hydrogen-bond acceptors (Lipinski definition) is 3. The Labute approximate surface area is 124 Å². The number of allylic oxidation sites excluding steroid dienone is 3. The van der Waals surface area contributed by atoms with Gasteiger partial charge in [-0.1, -0.05) is 45.7 Å². The number of rotatable bonds is 6. The molecule has 0 heterocycles. The fraction of sp³-hybridized carbons (Fsp3) is 0.312. The van der Waals surface area contributed by atoms with Crippen molar-refractivity contribution < 1.29 is 5.11 Å². The van der Waals surface area contributed by atoms with Gasteiger partial charge in [0.15, 0.2) is 0 Å². The van der Waals surface area contributed by atoms with Crippen molar-refractivity contribution in [3.8, 4) is 0 Å². The highest BCUT2D eigenvalue weighted by Crippen LogP contribution is 2.22. The zero-order valence-electron chi connectivity index (χ0n) is 12.8. The topological polar surface area (TPSA) is 58.6 Å². The fourth-order valence-electron chi connectivity index (χ4n) is 1.14. The highest BCUT2D eigenvalue weighted by molar-refractivity contribution is 7.21. The summed E-state index contributed by atoms with van der Waals surface area (Å²) in [5.41, 5.74) is 9.10. The van der Waals surface area contributed by atoms with Crippen LogP contribution in [0.3, 0.4) is 0 Å². The highest BCUT2D eigenvalue weighted by atomic mass is 31.0. The second kappa shape index (κ2) is 7.25. The lowest BCUT2D eigenvalue weighted by molar-refractivity contribution is 0.429. The molecule has 3 nitrogen and oxygen atoms in total. The van der Waals surface area contributed by atoms with Crippen molar-refractivity contribution in [2.45, 2.75) is 32.9 Å². The van der Waals surface area contributed by atoms with Crippen LogP contribution >= 0.6 is 9.24 Å². The summed E-state index contributed by atoms with van der Waals surface area (Å²) in [5, 5.41) is 9.11. The number of aliphatic hydroxyl groups excluding tert-OH is 1. The second-order valence-electron chi connectivity index (χ2n) is 5.27. The molecule has 3 N–H and O–H groups in total. The lowest BCUT2D eigenvalue weighted by atomic mass is 10.1. The maximum atomic E-state index is 9.22. The van der Waals surface area contributed by atoms with Crippen LogP contribution < -0.4 is 5.73 Å². The summed E-state index contributed by atoms with van der Waals surface area (Å²) in [6.45, 7) is 18.9. The molecule has 1 atom stereocenters.